The molecule has 2 aromatic rings. The third-order valence-corrected chi connectivity index (χ3v) is 4.50. The van der Waals surface area contributed by atoms with Crippen LogP contribution in [0.2, 0.25) is 0 Å². The van der Waals surface area contributed by atoms with Crippen molar-refractivity contribution in [3.63, 3.8) is 0 Å². The monoisotopic (exact) mass is 287 g/mol. The van der Waals surface area contributed by atoms with E-state index in [1.54, 1.807) is 0 Å². The maximum absolute atomic E-state index is 10.6. The predicted molar refractivity (Wildman–Crippen MR) is 85.3 cm³/mol. The van der Waals surface area contributed by atoms with Crippen molar-refractivity contribution in [2.45, 2.75) is 45.3 Å². The van der Waals surface area contributed by atoms with Gasteiger partial charge in [-0.1, -0.05) is 19.1 Å². The quantitative estimate of drug-likeness (QED) is 0.887. The van der Waals surface area contributed by atoms with Crippen molar-refractivity contribution < 1.29 is 5.11 Å². The van der Waals surface area contributed by atoms with E-state index in [9.17, 15) is 5.11 Å². The topological polar surface area (TPSA) is 50.1 Å². The van der Waals surface area contributed by atoms with Crippen LogP contribution in [-0.4, -0.2) is 33.9 Å². The molecule has 1 saturated heterocycles. The molecule has 1 unspecified atom stereocenters. The highest BCUT2D eigenvalue weighted by molar-refractivity contribution is 5.75. The van der Waals surface area contributed by atoms with Crippen LogP contribution in [0.3, 0.4) is 0 Å². The fourth-order valence-corrected chi connectivity index (χ4v) is 3.34. The van der Waals surface area contributed by atoms with Gasteiger partial charge in [-0.3, -0.25) is 0 Å². The molecule has 2 heterocycles. The summed E-state index contributed by atoms with van der Waals surface area (Å²) in [6, 6.07) is 8.27. The Hall–Kier alpha value is -1.39. The fraction of sp³-hybridized carbons (Fsp3) is 0.588. The van der Waals surface area contributed by atoms with E-state index >= 15 is 0 Å². The standard InChI is InChI=1S/C17H25N3O/c1-2-11-20-15-6-4-3-5-14(15)19-17(20)12-16(21)13-7-9-18-10-8-13/h3-6,13,16,18,21H,2,7-12H2,1H3. The highest BCUT2D eigenvalue weighted by atomic mass is 16.3. The Labute approximate surface area is 126 Å². The number of para-hydroxylation sites is 2. The number of hydrogen-bond donors (Lipinski definition) is 2. The lowest BCUT2D eigenvalue weighted by atomic mass is 9.90. The van der Waals surface area contributed by atoms with E-state index < -0.39 is 0 Å². The molecule has 1 fully saturated rings. The Kier molecular flexibility index (Phi) is 4.56. The van der Waals surface area contributed by atoms with Crippen LogP contribution in [0.15, 0.2) is 24.3 Å². The van der Waals surface area contributed by atoms with E-state index in [-0.39, 0.29) is 6.10 Å². The highest BCUT2D eigenvalue weighted by Gasteiger charge is 2.23. The number of aryl methyl sites for hydroxylation is 1. The Morgan fingerprint density at radius 2 is 2.10 bits per heavy atom. The summed E-state index contributed by atoms with van der Waals surface area (Å²) in [6.07, 6.45) is 3.60. The smallest absolute Gasteiger partial charge is 0.112 e. The molecule has 0 bridgehead atoms. The van der Waals surface area contributed by atoms with Gasteiger partial charge in [-0.15, -0.1) is 0 Å². The van der Waals surface area contributed by atoms with Gasteiger partial charge in [-0.25, -0.2) is 4.98 Å². The van der Waals surface area contributed by atoms with Gasteiger partial charge >= 0.3 is 0 Å². The lowest BCUT2D eigenvalue weighted by Crippen LogP contribution is -2.35. The summed E-state index contributed by atoms with van der Waals surface area (Å²) in [7, 11) is 0. The van der Waals surface area contributed by atoms with Gasteiger partial charge < -0.3 is 15.0 Å². The maximum atomic E-state index is 10.6. The number of piperidine rings is 1. The van der Waals surface area contributed by atoms with E-state index in [0.29, 0.717) is 12.3 Å². The Morgan fingerprint density at radius 1 is 1.33 bits per heavy atom. The average Bonchev–Trinajstić information content (AvgIpc) is 2.86. The number of hydrogen-bond acceptors (Lipinski definition) is 3. The summed E-state index contributed by atoms with van der Waals surface area (Å²) in [6.45, 7) is 5.19. The minimum absolute atomic E-state index is 0.278. The third-order valence-electron chi connectivity index (χ3n) is 4.50. The zero-order valence-electron chi connectivity index (χ0n) is 12.8. The Bertz CT molecular complexity index is 587. The number of rotatable bonds is 5. The molecule has 0 radical (unpaired) electrons. The highest BCUT2D eigenvalue weighted by Crippen LogP contribution is 2.22. The van der Waals surface area contributed by atoms with Crippen LogP contribution < -0.4 is 5.32 Å². The summed E-state index contributed by atoms with van der Waals surface area (Å²) in [5, 5.41) is 13.9. The number of aromatic nitrogens is 2. The first-order valence-electron chi connectivity index (χ1n) is 8.12. The molecule has 3 rings (SSSR count). The van der Waals surface area contributed by atoms with Gasteiger partial charge in [0.15, 0.2) is 0 Å². The van der Waals surface area contributed by atoms with E-state index in [0.717, 1.165) is 50.2 Å². The van der Waals surface area contributed by atoms with Gasteiger partial charge in [0.25, 0.3) is 0 Å². The first-order valence-corrected chi connectivity index (χ1v) is 8.12. The summed E-state index contributed by atoms with van der Waals surface area (Å²) >= 11 is 0. The van der Waals surface area contributed by atoms with Crippen LogP contribution >= 0.6 is 0 Å². The molecule has 0 amide bonds. The first-order chi connectivity index (χ1) is 10.3. The van der Waals surface area contributed by atoms with E-state index in [1.807, 2.05) is 6.07 Å². The van der Waals surface area contributed by atoms with Crippen molar-refractivity contribution in [1.82, 2.24) is 14.9 Å². The third kappa shape index (κ3) is 3.11. The van der Waals surface area contributed by atoms with Crippen molar-refractivity contribution in [1.29, 1.82) is 0 Å². The lowest BCUT2D eigenvalue weighted by molar-refractivity contribution is 0.0866. The van der Waals surface area contributed by atoms with Gasteiger partial charge in [0.05, 0.1) is 17.1 Å². The van der Waals surface area contributed by atoms with Crippen molar-refractivity contribution in [3.05, 3.63) is 30.1 Å². The Balaban J connectivity index is 1.83. The molecule has 0 saturated carbocycles. The van der Waals surface area contributed by atoms with E-state index in [2.05, 4.69) is 35.0 Å². The Morgan fingerprint density at radius 3 is 2.86 bits per heavy atom. The van der Waals surface area contributed by atoms with Crippen molar-refractivity contribution in [3.8, 4) is 0 Å². The van der Waals surface area contributed by atoms with Gasteiger partial charge in [0.2, 0.25) is 0 Å². The van der Waals surface area contributed by atoms with Crippen LogP contribution in [0.25, 0.3) is 11.0 Å². The molecule has 4 nitrogen and oxygen atoms in total. The van der Waals surface area contributed by atoms with Crippen LogP contribution in [-0.2, 0) is 13.0 Å². The molecule has 1 aromatic heterocycles. The summed E-state index contributed by atoms with van der Waals surface area (Å²) < 4.78 is 2.28. The number of imidazole rings is 1. The van der Waals surface area contributed by atoms with Crippen LogP contribution in [0.1, 0.15) is 32.0 Å². The predicted octanol–water partition coefficient (Wildman–Crippen LogP) is 2.35. The number of nitrogens with zero attached hydrogens (tertiary/aromatic N) is 2. The minimum Gasteiger partial charge on any atom is -0.392 e. The molecule has 1 aliphatic rings. The van der Waals surface area contributed by atoms with Crippen LogP contribution in [0.5, 0.6) is 0 Å². The zero-order valence-corrected chi connectivity index (χ0v) is 12.8. The largest absolute Gasteiger partial charge is 0.392 e. The van der Waals surface area contributed by atoms with E-state index in [1.165, 1.54) is 5.52 Å². The lowest BCUT2D eigenvalue weighted by Gasteiger charge is -2.27. The summed E-state index contributed by atoms with van der Waals surface area (Å²) in [5.41, 5.74) is 2.23. The van der Waals surface area contributed by atoms with Crippen molar-refractivity contribution in [2.75, 3.05) is 13.1 Å². The molecule has 114 valence electrons. The molecule has 21 heavy (non-hydrogen) atoms. The number of aliphatic hydroxyl groups excluding tert-OH is 1. The van der Waals surface area contributed by atoms with Gasteiger partial charge in [-0.2, -0.15) is 0 Å². The molecular formula is C17H25N3O. The van der Waals surface area contributed by atoms with Crippen LogP contribution in [0.4, 0.5) is 0 Å². The minimum atomic E-state index is -0.278. The van der Waals surface area contributed by atoms with E-state index in [4.69, 9.17) is 4.98 Å². The molecular weight excluding hydrogens is 262 g/mol. The SMILES string of the molecule is CCCn1c(CC(O)C2CCNCC2)nc2ccccc21. The number of aliphatic hydroxyl groups is 1. The summed E-state index contributed by atoms with van der Waals surface area (Å²) in [4.78, 5) is 4.75. The molecule has 0 spiro atoms. The van der Waals surface area contributed by atoms with Gasteiger partial charge in [0, 0.05) is 13.0 Å². The molecule has 1 aliphatic heterocycles. The van der Waals surface area contributed by atoms with Crippen molar-refractivity contribution >= 4 is 11.0 Å². The maximum Gasteiger partial charge on any atom is 0.112 e. The first kappa shape index (κ1) is 14.5. The second kappa shape index (κ2) is 6.58. The molecule has 1 aromatic carbocycles. The number of fused-ring (bicyclic) bond motifs is 1. The van der Waals surface area contributed by atoms with Gasteiger partial charge in [-0.05, 0) is 50.4 Å². The summed E-state index contributed by atoms with van der Waals surface area (Å²) in [5.74, 6) is 1.44. The number of nitrogens with one attached hydrogen (secondary N) is 1. The second-order valence-electron chi connectivity index (χ2n) is 6.03. The van der Waals surface area contributed by atoms with Gasteiger partial charge in [0.1, 0.15) is 5.82 Å². The molecule has 1 atom stereocenters. The fourth-order valence-electron chi connectivity index (χ4n) is 3.34. The number of benzene rings is 1. The normalized spacial score (nSPS) is 18.2. The van der Waals surface area contributed by atoms with Crippen LogP contribution in [0, 0.1) is 5.92 Å². The molecule has 0 aliphatic carbocycles. The zero-order chi connectivity index (χ0) is 14.7. The second-order valence-corrected chi connectivity index (χ2v) is 6.03. The molecule has 2 N–H and O–H groups in total. The average molecular weight is 287 g/mol. The molecule has 4 heteroatoms. The van der Waals surface area contributed by atoms with Crippen molar-refractivity contribution in [2.24, 2.45) is 5.92 Å².